The summed E-state index contributed by atoms with van der Waals surface area (Å²) in [7, 11) is 0. The number of rotatable bonds is 6. The fourth-order valence-electron chi connectivity index (χ4n) is 6.08. The van der Waals surface area contributed by atoms with Crippen LogP contribution in [0, 0.1) is 22.7 Å². The first-order valence-corrected chi connectivity index (χ1v) is 13.1. The van der Waals surface area contributed by atoms with Crippen molar-refractivity contribution in [3.05, 3.63) is 46.1 Å². The van der Waals surface area contributed by atoms with Gasteiger partial charge in [-0.25, -0.2) is 0 Å². The zero-order chi connectivity index (χ0) is 25.1. The topological polar surface area (TPSA) is 57.6 Å². The SMILES string of the molecule is CC(C)(C)CCc1ccc([C@]2(C)CC(=O)N(C3CC(C)(C)C3)C=C2C2CC(C(=O)O)C2)cc1Cl. The van der Waals surface area contributed by atoms with Crippen molar-refractivity contribution in [2.24, 2.45) is 22.7 Å². The molecule has 2 aliphatic carbocycles. The monoisotopic (exact) mass is 485 g/mol. The molecule has 3 aliphatic rings. The summed E-state index contributed by atoms with van der Waals surface area (Å²) in [5.74, 6) is -0.649. The Hall–Kier alpha value is -1.81. The standard InChI is InChI=1S/C29H40ClNO3/c1-27(2,3)10-9-18-7-8-21(13-24(18)30)29(6)16-25(32)31(22-14-28(4,5)15-22)17-23(29)19-11-20(12-19)26(33)34/h7-8,13,17,19-20,22H,9-12,14-16H2,1-6H3,(H,33,34)/t19?,20?,29-/m0/s1. The van der Waals surface area contributed by atoms with Crippen LogP contribution in [-0.4, -0.2) is 27.9 Å². The van der Waals surface area contributed by atoms with E-state index in [9.17, 15) is 14.7 Å². The molecule has 5 heteroatoms. The molecule has 0 saturated heterocycles. The summed E-state index contributed by atoms with van der Waals surface area (Å²) in [6, 6.07) is 6.57. The van der Waals surface area contributed by atoms with E-state index >= 15 is 0 Å². The van der Waals surface area contributed by atoms with E-state index in [1.54, 1.807) is 0 Å². The molecule has 186 valence electrons. The van der Waals surface area contributed by atoms with Crippen LogP contribution in [0.15, 0.2) is 30.0 Å². The molecule has 1 amide bonds. The number of carboxylic acid groups (broad SMARTS) is 1. The van der Waals surface area contributed by atoms with Gasteiger partial charge in [0.1, 0.15) is 0 Å². The highest BCUT2D eigenvalue weighted by Crippen LogP contribution is 2.53. The van der Waals surface area contributed by atoms with Crippen LogP contribution in [0.3, 0.4) is 0 Å². The quantitative estimate of drug-likeness (QED) is 0.472. The highest BCUT2D eigenvalue weighted by atomic mass is 35.5. The Labute approximate surface area is 209 Å². The summed E-state index contributed by atoms with van der Waals surface area (Å²) in [5.41, 5.74) is 3.46. The number of carboxylic acids is 1. The van der Waals surface area contributed by atoms with Crippen LogP contribution in [-0.2, 0) is 21.4 Å². The molecule has 1 aliphatic heterocycles. The molecular formula is C29H40ClNO3. The van der Waals surface area contributed by atoms with Crippen LogP contribution in [0.4, 0.5) is 0 Å². The van der Waals surface area contributed by atoms with Crippen LogP contribution in [0.1, 0.15) is 91.2 Å². The van der Waals surface area contributed by atoms with Crippen LogP contribution < -0.4 is 0 Å². The summed E-state index contributed by atoms with van der Waals surface area (Å²) in [5, 5.41) is 10.2. The lowest BCUT2D eigenvalue weighted by atomic mass is 9.59. The van der Waals surface area contributed by atoms with Gasteiger partial charge in [-0.3, -0.25) is 9.59 Å². The maximum atomic E-state index is 13.4. The third-order valence-corrected chi connectivity index (χ3v) is 8.79. The van der Waals surface area contributed by atoms with Crippen molar-refractivity contribution in [2.45, 2.75) is 97.9 Å². The molecule has 1 aromatic carbocycles. The maximum Gasteiger partial charge on any atom is 0.306 e. The first-order chi connectivity index (χ1) is 15.7. The number of hydrogen-bond acceptors (Lipinski definition) is 2. The predicted molar refractivity (Wildman–Crippen MR) is 137 cm³/mol. The number of amides is 1. The molecule has 1 N–H and O–H groups in total. The number of carbonyl (C=O) groups excluding carboxylic acids is 1. The van der Waals surface area contributed by atoms with Gasteiger partial charge in [0.05, 0.1) is 5.92 Å². The third-order valence-electron chi connectivity index (χ3n) is 8.44. The van der Waals surface area contributed by atoms with Crippen LogP contribution in [0.2, 0.25) is 5.02 Å². The van der Waals surface area contributed by atoms with Gasteiger partial charge in [0.25, 0.3) is 0 Å². The van der Waals surface area contributed by atoms with Gasteiger partial charge in [-0.2, -0.15) is 0 Å². The summed E-state index contributed by atoms with van der Waals surface area (Å²) in [6.07, 6.45) is 7.79. The Morgan fingerprint density at radius 2 is 1.82 bits per heavy atom. The van der Waals surface area contributed by atoms with Gasteiger partial charge >= 0.3 is 5.97 Å². The molecule has 1 atom stereocenters. The van der Waals surface area contributed by atoms with Crippen molar-refractivity contribution in [2.75, 3.05) is 0 Å². The van der Waals surface area contributed by atoms with Crippen molar-refractivity contribution in [3.63, 3.8) is 0 Å². The first kappa shape index (κ1) is 25.3. The average Bonchev–Trinajstić information content (AvgIpc) is 2.64. The summed E-state index contributed by atoms with van der Waals surface area (Å²) in [4.78, 5) is 26.9. The maximum absolute atomic E-state index is 13.4. The van der Waals surface area contributed by atoms with Gasteiger partial charge in [0.2, 0.25) is 5.91 Å². The molecule has 2 saturated carbocycles. The van der Waals surface area contributed by atoms with Crippen LogP contribution in [0.25, 0.3) is 0 Å². The molecule has 0 unspecified atom stereocenters. The largest absolute Gasteiger partial charge is 0.481 e. The fraction of sp³-hybridized carbons (Fsp3) is 0.655. The highest BCUT2D eigenvalue weighted by molar-refractivity contribution is 6.31. The first-order valence-electron chi connectivity index (χ1n) is 12.7. The van der Waals surface area contributed by atoms with E-state index in [0.717, 1.165) is 41.8 Å². The van der Waals surface area contributed by atoms with Gasteiger partial charge in [-0.15, -0.1) is 0 Å². The number of benzene rings is 1. The normalized spacial score (nSPS) is 29.3. The minimum atomic E-state index is -0.714. The lowest BCUT2D eigenvalue weighted by Gasteiger charge is -2.52. The van der Waals surface area contributed by atoms with E-state index in [4.69, 9.17) is 11.6 Å². The Balaban J connectivity index is 1.65. The minimum Gasteiger partial charge on any atom is -0.481 e. The molecular weight excluding hydrogens is 446 g/mol. The zero-order valence-electron chi connectivity index (χ0n) is 21.6. The Morgan fingerprint density at radius 1 is 1.18 bits per heavy atom. The summed E-state index contributed by atoms with van der Waals surface area (Å²) >= 11 is 6.77. The van der Waals surface area contributed by atoms with E-state index in [-0.39, 0.29) is 34.6 Å². The smallest absolute Gasteiger partial charge is 0.306 e. The molecule has 4 rings (SSSR count). The van der Waals surface area contributed by atoms with Gasteiger partial charge in [-0.05, 0) is 78.0 Å². The second-order valence-corrected chi connectivity index (χ2v) is 13.6. The lowest BCUT2D eigenvalue weighted by Crippen LogP contribution is -2.53. The second-order valence-electron chi connectivity index (χ2n) is 13.2. The number of nitrogens with zero attached hydrogens (tertiary/aromatic N) is 1. The van der Waals surface area contributed by atoms with E-state index < -0.39 is 11.4 Å². The van der Waals surface area contributed by atoms with Crippen molar-refractivity contribution in [3.8, 4) is 0 Å². The zero-order valence-corrected chi connectivity index (χ0v) is 22.3. The number of halogens is 1. The van der Waals surface area contributed by atoms with Gasteiger partial charge in [0, 0.05) is 29.1 Å². The van der Waals surface area contributed by atoms with Gasteiger partial charge in [-0.1, -0.05) is 65.3 Å². The number of allylic oxidation sites excluding steroid dienone is 1. The van der Waals surface area contributed by atoms with Crippen molar-refractivity contribution >= 4 is 23.5 Å². The molecule has 0 aromatic heterocycles. The molecule has 0 radical (unpaired) electrons. The minimum absolute atomic E-state index is 0.161. The molecule has 1 aromatic rings. The number of aryl methyl sites for hydroxylation is 1. The van der Waals surface area contributed by atoms with Crippen molar-refractivity contribution in [1.82, 2.24) is 4.90 Å². The molecule has 2 fully saturated rings. The van der Waals surface area contributed by atoms with Crippen molar-refractivity contribution < 1.29 is 14.7 Å². The lowest BCUT2D eigenvalue weighted by molar-refractivity contribution is -0.146. The molecule has 1 heterocycles. The van der Waals surface area contributed by atoms with Crippen molar-refractivity contribution in [1.29, 1.82) is 0 Å². The van der Waals surface area contributed by atoms with Gasteiger partial charge in [0.15, 0.2) is 0 Å². The number of hydrogen-bond donors (Lipinski definition) is 1. The average molecular weight is 486 g/mol. The second kappa shape index (κ2) is 8.69. The van der Waals surface area contributed by atoms with Crippen LogP contribution in [0.5, 0.6) is 0 Å². The fourth-order valence-corrected chi connectivity index (χ4v) is 6.36. The van der Waals surface area contributed by atoms with Crippen LogP contribution >= 0.6 is 11.6 Å². The Kier molecular flexibility index (Phi) is 6.46. The Bertz CT molecular complexity index is 1010. The van der Waals surface area contributed by atoms with Gasteiger partial charge < -0.3 is 10.0 Å². The van der Waals surface area contributed by atoms with E-state index in [1.165, 1.54) is 5.57 Å². The number of aliphatic carboxylic acids is 1. The predicted octanol–water partition coefficient (Wildman–Crippen LogP) is 6.99. The summed E-state index contributed by atoms with van der Waals surface area (Å²) < 4.78 is 0. The molecule has 4 nitrogen and oxygen atoms in total. The molecule has 0 bridgehead atoms. The number of carbonyl (C=O) groups is 2. The highest BCUT2D eigenvalue weighted by Gasteiger charge is 2.50. The summed E-state index contributed by atoms with van der Waals surface area (Å²) in [6.45, 7) is 13.4. The Morgan fingerprint density at radius 3 is 2.35 bits per heavy atom. The molecule has 34 heavy (non-hydrogen) atoms. The van der Waals surface area contributed by atoms with E-state index in [0.29, 0.717) is 19.3 Å². The molecule has 0 spiro atoms. The van der Waals surface area contributed by atoms with E-state index in [1.807, 2.05) is 4.90 Å². The van der Waals surface area contributed by atoms with E-state index in [2.05, 4.69) is 65.9 Å². The third kappa shape index (κ3) is 4.94.